The molecule has 2 saturated heterocycles. The van der Waals surface area contributed by atoms with Crippen LogP contribution in [-0.4, -0.2) is 54.6 Å². The van der Waals surface area contributed by atoms with Crippen molar-refractivity contribution in [3.63, 3.8) is 0 Å². The summed E-state index contributed by atoms with van der Waals surface area (Å²) in [7, 11) is 0. The third-order valence-corrected chi connectivity index (χ3v) is 6.30. The van der Waals surface area contributed by atoms with Crippen molar-refractivity contribution in [1.29, 1.82) is 0 Å². The van der Waals surface area contributed by atoms with E-state index in [1.165, 1.54) is 64.5 Å². The molecule has 22 heavy (non-hydrogen) atoms. The van der Waals surface area contributed by atoms with E-state index in [1.807, 2.05) is 0 Å². The summed E-state index contributed by atoms with van der Waals surface area (Å²) in [6.45, 7) is 5.65. The van der Waals surface area contributed by atoms with Gasteiger partial charge in [0.2, 0.25) is 5.90 Å². The summed E-state index contributed by atoms with van der Waals surface area (Å²) in [6.07, 6.45) is 12.3. The Kier molecular flexibility index (Phi) is 4.56. The molecule has 4 nitrogen and oxygen atoms in total. The Labute approximate surface area is 134 Å². The summed E-state index contributed by atoms with van der Waals surface area (Å²) in [5.41, 5.74) is 0. The van der Waals surface area contributed by atoms with E-state index < -0.39 is 0 Å². The summed E-state index contributed by atoms with van der Waals surface area (Å²) in [4.78, 5) is 2.63. The Morgan fingerprint density at radius 3 is 2.73 bits per heavy atom. The highest BCUT2D eigenvalue weighted by Gasteiger charge is 2.32. The number of hydrogen-bond acceptors (Lipinski definition) is 4. The third-order valence-electron chi connectivity index (χ3n) is 6.30. The lowest BCUT2D eigenvalue weighted by Gasteiger charge is -2.41. The number of rotatable bonds is 3. The van der Waals surface area contributed by atoms with Crippen molar-refractivity contribution in [2.24, 2.45) is 16.9 Å². The molecule has 3 heterocycles. The molecule has 4 rings (SSSR count). The van der Waals surface area contributed by atoms with Crippen molar-refractivity contribution in [2.75, 3.05) is 32.8 Å². The van der Waals surface area contributed by atoms with Crippen molar-refractivity contribution in [1.82, 2.24) is 9.91 Å². The predicted octanol–water partition coefficient (Wildman–Crippen LogP) is 3.09. The van der Waals surface area contributed by atoms with E-state index >= 15 is 0 Å². The van der Waals surface area contributed by atoms with E-state index in [-0.39, 0.29) is 0 Å². The molecule has 0 aromatic carbocycles. The Hall–Kier alpha value is -0.770. The molecule has 3 aliphatic heterocycles. The fourth-order valence-corrected chi connectivity index (χ4v) is 4.97. The van der Waals surface area contributed by atoms with E-state index in [2.05, 4.69) is 15.0 Å². The number of piperidine rings is 2. The number of nitrogens with zero attached hydrogens (tertiary/aromatic N) is 3. The van der Waals surface area contributed by atoms with Gasteiger partial charge in [-0.15, -0.1) is 5.10 Å². The van der Waals surface area contributed by atoms with Crippen molar-refractivity contribution < 1.29 is 4.74 Å². The summed E-state index contributed by atoms with van der Waals surface area (Å²) >= 11 is 0. The van der Waals surface area contributed by atoms with E-state index in [9.17, 15) is 0 Å². The monoisotopic (exact) mass is 305 g/mol. The Morgan fingerprint density at radius 1 is 0.955 bits per heavy atom. The summed E-state index contributed by atoms with van der Waals surface area (Å²) < 4.78 is 6.00. The molecular formula is C18H31N3O. The van der Waals surface area contributed by atoms with Gasteiger partial charge in [-0.3, -0.25) is 9.91 Å². The maximum absolute atomic E-state index is 6.00. The van der Waals surface area contributed by atoms with E-state index in [1.54, 1.807) is 0 Å². The summed E-state index contributed by atoms with van der Waals surface area (Å²) in [5, 5.41) is 6.94. The van der Waals surface area contributed by atoms with Crippen LogP contribution < -0.4 is 0 Å². The highest BCUT2D eigenvalue weighted by Crippen LogP contribution is 2.35. The van der Waals surface area contributed by atoms with Gasteiger partial charge in [0.15, 0.2) is 0 Å². The van der Waals surface area contributed by atoms with Gasteiger partial charge < -0.3 is 4.74 Å². The largest absolute Gasteiger partial charge is 0.478 e. The fraction of sp³-hybridized carbons (Fsp3) is 0.944. The Balaban J connectivity index is 1.19. The lowest BCUT2D eigenvalue weighted by Crippen LogP contribution is -2.43. The molecule has 1 aliphatic carbocycles. The predicted molar refractivity (Wildman–Crippen MR) is 88.9 cm³/mol. The molecule has 1 saturated carbocycles. The zero-order valence-corrected chi connectivity index (χ0v) is 13.9. The van der Waals surface area contributed by atoms with Crippen molar-refractivity contribution in [3.8, 4) is 0 Å². The number of likely N-dealkylation sites (tertiary alicyclic amines) is 1. The quantitative estimate of drug-likeness (QED) is 0.802. The van der Waals surface area contributed by atoms with Crippen molar-refractivity contribution in [3.05, 3.63) is 0 Å². The third kappa shape index (κ3) is 3.27. The van der Waals surface area contributed by atoms with Crippen LogP contribution in [0.1, 0.15) is 57.8 Å². The smallest absolute Gasteiger partial charge is 0.208 e. The minimum Gasteiger partial charge on any atom is -0.478 e. The minimum absolute atomic E-state index is 0.640. The molecule has 4 aliphatic rings. The van der Waals surface area contributed by atoms with Crippen molar-refractivity contribution >= 4 is 5.90 Å². The van der Waals surface area contributed by atoms with Crippen LogP contribution >= 0.6 is 0 Å². The molecule has 0 radical (unpaired) electrons. The standard InChI is InChI=1S/C18H31N3O/c1-2-6-16-14-20(10-8-15(16)5-1)11-12-22-18-13-17-7-3-4-9-21(17)19-18/h15-17H,1-14H2. The lowest BCUT2D eigenvalue weighted by molar-refractivity contribution is 0.0750. The second-order valence-corrected chi connectivity index (χ2v) is 7.75. The average molecular weight is 305 g/mol. The molecule has 124 valence electrons. The van der Waals surface area contributed by atoms with Gasteiger partial charge in [0.25, 0.3) is 0 Å². The number of ether oxygens (including phenoxy) is 1. The SMILES string of the molecule is C1CCC2CN(CCOC3=NN4CCCCC4C3)CCC2C1. The molecule has 0 bridgehead atoms. The maximum atomic E-state index is 6.00. The van der Waals surface area contributed by atoms with Crippen LogP contribution in [0.15, 0.2) is 5.10 Å². The van der Waals surface area contributed by atoms with Crippen LogP contribution in [0.5, 0.6) is 0 Å². The minimum atomic E-state index is 0.640. The summed E-state index contributed by atoms with van der Waals surface area (Å²) in [6, 6.07) is 0.640. The van der Waals surface area contributed by atoms with Gasteiger partial charge in [0.1, 0.15) is 6.61 Å². The van der Waals surface area contributed by atoms with Crippen LogP contribution in [0.4, 0.5) is 0 Å². The zero-order valence-electron chi connectivity index (χ0n) is 13.9. The van der Waals surface area contributed by atoms with E-state index in [0.29, 0.717) is 6.04 Å². The van der Waals surface area contributed by atoms with Crippen LogP contribution in [0.2, 0.25) is 0 Å². The van der Waals surface area contributed by atoms with Gasteiger partial charge >= 0.3 is 0 Å². The van der Waals surface area contributed by atoms with Crippen molar-refractivity contribution in [2.45, 2.75) is 63.8 Å². The van der Waals surface area contributed by atoms with E-state index in [4.69, 9.17) is 4.74 Å². The maximum Gasteiger partial charge on any atom is 0.208 e. The number of hydrogen-bond donors (Lipinski definition) is 0. The number of fused-ring (bicyclic) bond motifs is 2. The fourth-order valence-electron chi connectivity index (χ4n) is 4.97. The van der Waals surface area contributed by atoms with Gasteiger partial charge in [0.05, 0.1) is 6.04 Å². The lowest BCUT2D eigenvalue weighted by atomic mass is 9.75. The Bertz CT molecular complexity index is 411. The highest BCUT2D eigenvalue weighted by atomic mass is 16.5. The molecule has 0 aromatic rings. The summed E-state index contributed by atoms with van der Waals surface area (Å²) in [5.74, 6) is 3.00. The van der Waals surface area contributed by atoms with Gasteiger partial charge in [-0.05, 0) is 50.5 Å². The normalized spacial score (nSPS) is 35.7. The highest BCUT2D eigenvalue weighted by molar-refractivity contribution is 5.78. The molecule has 4 heteroatoms. The zero-order chi connectivity index (χ0) is 14.8. The van der Waals surface area contributed by atoms with Crippen LogP contribution in [-0.2, 0) is 4.74 Å². The molecular weight excluding hydrogens is 274 g/mol. The first-order chi connectivity index (χ1) is 10.9. The second-order valence-electron chi connectivity index (χ2n) is 7.75. The first-order valence-electron chi connectivity index (χ1n) is 9.58. The first-order valence-corrected chi connectivity index (χ1v) is 9.58. The molecule has 3 unspecified atom stereocenters. The van der Waals surface area contributed by atoms with Gasteiger partial charge in [-0.25, -0.2) is 0 Å². The van der Waals surface area contributed by atoms with Gasteiger partial charge in [-0.1, -0.05) is 19.3 Å². The Morgan fingerprint density at radius 2 is 1.82 bits per heavy atom. The van der Waals surface area contributed by atoms with Gasteiger partial charge in [0, 0.05) is 26.1 Å². The number of hydrazone groups is 1. The van der Waals surface area contributed by atoms with E-state index in [0.717, 1.165) is 43.9 Å². The second kappa shape index (κ2) is 6.77. The molecule has 0 spiro atoms. The van der Waals surface area contributed by atoms with Crippen LogP contribution in [0, 0.1) is 11.8 Å². The first kappa shape index (κ1) is 14.8. The molecule has 3 atom stereocenters. The van der Waals surface area contributed by atoms with Crippen LogP contribution in [0.25, 0.3) is 0 Å². The molecule has 0 N–H and O–H groups in total. The molecule has 0 aromatic heterocycles. The average Bonchev–Trinajstić information content (AvgIpc) is 2.97. The topological polar surface area (TPSA) is 28.1 Å². The van der Waals surface area contributed by atoms with Crippen LogP contribution in [0.3, 0.4) is 0 Å². The molecule has 0 amide bonds. The van der Waals surface area contributed by atoms with Gasteiger partial charge in [-0.2, -0.15) is 0 Å². The molecule has 3 fully saturated rings.